The van der Waals surface area contributed by atoms with E-state index in [0.29, 0.717) is 5.92 Å². The number of rotatable bonds is 3. The second-order valence-electron chi connectivity index (χ2n) is 4.24. The summed E-state index contributed by atoms with van der Waals surface area (Å²) in [5.41, 5.74) is 7.43. The highest BCUT2D eigenvalue weighted by Crippen LogP contribution is 2.39. The molecule has 0 radical (unpaired) electrons. The first kappa shape index (κ1) is 12.3. The molecule has 0 unspecified atom stereocenters. The zero-order valence-corrected chi connectivity index (χ0v) is 9.21. The molecule has 1 saturated carbocycles. The fraction of sp³-hybridized carbons (Fsp3) is 0.308. The predicted octanol–water partition coefficient (Wildman–Crippen LogP) is 1.88. The minimum Gasteiger partial charge on any atom is -0.364 e. The minimum absolute atomic E-state index is 0. The molecule has 0 spiro atoms. The molecule has 2 heterocycles. The van der Waals surface area contributed by atoms with Gasteiger partial charge in [-0.1, -0.05) is 7.43 Å². The Hall–Kier alpha value is -2.17. The van der Waals surface area contributed by atoms with Gasteiger partial charge in [-0.25, -0.2) is 4.98 Å². The molecule has 1 amide bonds. The molecule has 0 aromatic carbocycles. The van der Waals surface area contributed by atoms with Crippen LogP contribution < -0.4 is 5.73 Å². The lowest BCUT2D eigenvalue weighted by atomic mass is 10.3. The van der Waals surface area contributed by atoms with Crippen molar-refractivity contribution in [2.45, 2.75) is 26.2 Å². The van der Waals surface area contributed by atoms with E-state index >= 15 is 0 Å². The number of nitrogens with two attached hydrogens (primary N) is 1. The lowest BCUT2D eigenvalue weighted by Gasteiger charge is -2.02. The summed E-state index contributed by atoms with van der Waals surface area (Å²) in [5.74, 6) is 0.100. The number of hydrogen-bond donors (Lipinski definition) is 1. The van der Waals surface area contributed by atoms with Crippen LogP contribution in [0.15, 0.2) is 30.9 Å². The Labute approximate surface area is 106 Å². The Morgan fingerprint density at radius 2 is 2.17 bits per heavy atom. The smallest absolute Gasteiger partial charge is 0.267 e. The molecule has 0 aliphatic heterocycles. The quantitative estimate of drug-likeness (QED) is 0.895. The molecule has 18 heavy (non-hydrogen) atoms. The third kappa shape index (κ3) is 2.25. The lowest BCUT2D eigenvalue weighted by Crippen LogP contribution is -2.13. The van der Waals surface area contributed by atoms with Gasteiger partial charge in [0.2, 0.25) is 0 Å². The van der Waals surface area contributed by atoms with Gasteiger partial charge in [-0.15, -0.1) is 0 Å². The molecule has 2 aromatic rings. The number of hydrogen-bond acceptors (Lipinski definition) is 3. The Bertz CT molecular complexity index is 572. The summed E-state index contributed by atoms with van der Waals surface area (Å²) < 4.78 is 1.89. The summed E-state index contributed by atoms with van der Waals surface area (Å²) >= 11 is 0. The van der Waals surface area contributed by atoms with Crippen molar-refractivity contribution in [2.75, 3.05) is 0 Å². The van der Waals surface area contributed by atoms with E-state index in [1.807, 2.05) is 16.8 Å². The Balaban J connectivity index is 0.00000120. The van der Waals surface area contributed by atoms with Crippen LogP contribution in [0.5, 0.6) is 0 Å². The average Bonchev–Trinajstić information content (AvgIpc) is 3.07. The molecule has 0 saturated heterocycles. The van der Waals surface area contributed by atoms with Crippen molar-refractivity contribution in [3.63, 3.8) is 0 Å². The fourth-order valence-corrected chi connectivity index (χ4v) is 1.78. The highest BCUT2D eigenvalue weighted by Gasteiger charge is 2.25. The lowest BCUT2D eigenvalue weighted by molar-refractivity contribution is 0.0995. The average molecular weight is 244 g/mol. The molecule has 2 N–H and O–H groups in total. The van der Waals surface area contributed by atoms with Crippen LogP contribution in [0.4, 0.5) is 0 Å². The number of carbonyl (C=O) groups is 1. The van der Waals surface area contributed by atoms with Crippen molar-refractivity contribution in [1.29, 1.82) is 0 Å². The molecule has 94 valence electrons. The van der Waals surface area contributed by atoms with Gasteiger partial charge in [0.05, 0.1) is 17.7 Å². The van der Waals surface area contributed by atoms with Gasteiger partial charge in [0.1, 0.15) is 5.69 Å². The first-order chi connectivity index (χ1) is 8.24. The van der Waals surface area contributed by atoms with E-state index in [9.17, 15) is 4.79 Å². The van der Waals surface area contributed by atoms with Crippen molar-refractivity contribution >= 4 is 5.91 Å². The minimum atomic E-state index is -0.519. The first-order valence-electron chi connectivity index (χ1n) is 5.54. The zero-order chi connectivity index (χ0) is 11.8. The second-order valence-corrected chi connectivity index (χ2v) is 4.24. The third-order valence-electron chi connectivity index (χ3n) is 2.89. The van der Waals surface area contributed by atoms with Crippen LogP contribution in [0.2, 0.25) is 0 Å². The molecule has 5 nitrogen and oxygen atoms in total. The number of carbonyl (C=O) groups excluding carboxylic acids is 1. The van der Waals surface area contributed by atoms with Gasteiger partial charge >= 0.3 is 0 Å². The summed E-state index contributed by atoms with van der Waals surface area (Å²) in [6.45, 7) is 0. The first-order valence-corrected chi connectivity index (χ1v) is 5.54. The van der Waals surface area contributed by atoms with Gasteiger partial charge in [0, 0.05) is 18.3 Å². The molecule has 1 aliphatic rings. The van der Waals surface area contributed by atoms with Gasteiger partial charge in [0.15, 0.2) is 0 Å². The summed E-state index contributed by atoms with van der Waals surface area (Å²) in [5, 5.41) is 0. The van der Waals surface area contributed by atoms with Crippen LogP contribution in [-0.2, 0) is 0 Å². The molecule has 0 atom stereocenters. The van der Waals surface area contributed by atoms with Crippen molar-refractivity contribution in [3.8, 4) is 5.69 Å². The number of pyridine rings is 1. The van der Waals surface area contributed by atoms with E-state index in [2.05, 4.69) is 9.97 Å². The highest BCUT2D eigenvalue weighted by molar-refractivity contribution is 5.91. The summed E-state index contributed by atoms with van der Waals surface area (Å²) in [7, 11) is 0. The maximum Gasteiger partial charge on any atom is 0.267 e. The van der Waals surface area contributed by atoms with E-state index in [1.165, 1.54) is 12.8 Å². The van der Waals surface area contributed by atoms with Crippen LogP contribution in [0.1, 0.15) is 42.4 Å². The highest BCUT2D eigenvalue weighted by atomic mass is 16.1. The second kappa shape index (κ2) is 4.60. The van der Waals surface area contributed by atoms with Crippen LogP contribution >= 0.6 is 0 Å². The van der Waals surface area contributed by atoms with Crippen LogP contribution in [-0.4, -0.2) is 20.4 Å². The fourth-order valence-electron chi connectivity index (χ4n) is 1.78. The van der Waals surface area contributed by atoms with Gasteiger partial charge in [-0.3, -0.25) is 9.78 Å². The Kier molecular flexibility index (Phi) is 3.14. The Morgan fingerprint density at radius 3 is 2.83 bits per heavy atom. The molecule has 3 rings (SSSR count). The van der Waals surface area contributed by atoms with Crippen molar-refractivity contribution in [3.05, 3.63) is 42.2 Å². The molecule has 2 aromatic heterocycles. The summed E-state index contributed by atoms with van der Waals surface area (Å²) in [6, 6.07) is 3.49. The topological polar surface area (TPSA) is 73.8 Å². The molecular formula is C13H16N4O. The number of imidazole rings is 1. The number of aromatic nitrogens is 3. The third-order valence-corrected chi connectivity index (χ3v) is 2.89. The van der Waals surface area contributed by atoms with Crippen LogP contribution in [0.3, 0.4) is 0 Å². The van der Waals surface area contributed by atoms with Crippen LogP contribution in [0.25, 0.3) is 5.69 Å². The van der Waals surface area contributed by atoms with E-state index in [0.717, 1.165) is 11.4 Å². The molecular weight excluding hydrogens is 228 g/mol. The van der Waals surface area contributed by atoms with Gasteiger partial charge in [0.25, 0.3) is 5.91 Å². The maximum atomic E-state index is 11.0. The molecule has 1 fully saturated rings. The van der Waals surface area contributed by atoms with Gasteiger partial charge in [-0.05, 0) is 25.0 Å². The normalized spacial score (nSPS) is 14.0. The van der Waals surface area contributed by atoms with Crippen molar-refractivity contribution in [1.82, 2.24) is 14.5 Å². The maximum absolute atomic E-state index is 11.0. The van der Waals surface area contributed by atoms with Crippen molar-refractivity contribution in [2.24, 2.45) is 5.73 Å². The monoisotopic (exact) mass is 244 g/mol. The van der Waals surface area contributed by atoms with E-state index in [-0.39, 0.29) is 13.1 Å². The van der Waals surface area contributed by atoms with Crippen molar-refractivity contribution < 1.29 is 4.79 Å². The molecule has 0 bridgehead atoms. The molecule has 5 heteroatoms. The number of amides is 1. The van der Waals surface area contributed by atoms with Gasteiger partial charge in [-0.2, -0.15) is 0 Å². The van der Waals surface area contributed by atoms with Crippen LogP contribution in [0, 0.1) is 0 Å². The SMILES string of the molecule is C.NC(=O)c1cc(-n2cnc(C3CC3)c2)ccn1. The van der Waals surface area contributed by atoms with E-state index in [4.69, 9.17) is 5.73 Å². The largest absolute Gasteiger partial charge is 0.364 e. The van der Waals surface area contributed by atoms with Gasteiger partial charge < -0.3 is 10.3 Å². The number of nitrogens with zero attached hydrogens (tertiary/aromatic N) is 3. The van der Waals surface area contributed by atoms with E-state index < -0.39 is 5.91 Å². The standard InChI is InChI=1S/C12H12N4O.CH4/c13-12(17)10-5-9(3-4-14-10)16-6-11(15-7-16)8-1-2-8;/h3-8H,1-2H2,(H2,13,17);1H4. The predicted molar refractivity (Wildman–Crippen MR) is 68.6 cm³/mol. The van der Waals surface area contributed by atoms with E-state index in [1.54, 1.807) is 18.6 Å². The Morgan fingerprint density at radius 1 is 1.39 bits per heavy atom. The molecule has 1 aliphatic carbocycles. The summed E-state index contributed by atoms with van der Waals surface area (Å²) in [4.78, 5) is 19.3. The zero-order valence-electron chi connectivity index (χ0n) is 9.21. The summed E-state index contributed by atoms with van der Waals surface area (Å²) in [6.07, 6.45) is 7.78. The number of primary amides is 1.